The Balaban J connectivity index is 1.25. The minimum absolute atomic E-state index is 0.678. The standard InChI is InChI=1S/C48H28N4S/c1-2-14-30(15-3-1)51-39-23-11-10-20-35(39)38-28-29(26-27-42(38)51)45-44-43-36-21-6-4-16-31(36)32-17-5-7-22-37(32)46(43)53-47(44)50-48(49-45)52-40-24-12-8-18-33(40)34-19-9-13-25-41(34)52/h1-28H. The molecule has 0 aliphatic heterocycles. The fraction of sp³-hybridized carbons (Fsp3) is 0. The highest BCUT2D eigenvalue weighted by atomic mass is 32.1. The highest BCUT2D eigenvalue weighted by Gasteiger charge is 2.23. The average molecular weight is 693 g/mol. The van der Waals surface area contributed by atoms with Crippen molar-refractivity contribution >= 4 is 96.8 Å². The largest absolute Gasteiger partial charge is 0.309 e. The number of hydrogen-bond donors (Lipinski definition) is 0. The Kier molecular flexibility index (Phi) is 5.90. The monoisotopic (exact) mass is 692 g/mol. The van der Waals surface area contributed by atoms with Crippen molar-refractivity contribution in [1.29, 1.82) is 0 Å². The number of rotatable bonds is 3. The molecule has 5 heteroatoms. The van der Waals surface area contributed by atoms with Gasteiger partial charge in [0.15, 0.2) is 0 Å². The summed E-state index contributed by atoms with van der Waals surface area (Å²) in [6.45, 7) is 0. The molecule has 12 aromatic rings. The third-order valence-electron chi connectivity index (χ3n) is 10.9. The van der Waals surface area contributed by atoms with Gasteiger partial charge in [-0.2, -0.15) is 0 Å². The second-order valence-electron chi connectivity index (χ2n) is 13.7. The van der Waals surface area contributed by atoms with E-state index in [9.17, 15) is 0 Å². The topological polar surface area (TPSA) is 35.6 Å². The quantitative estimate of drug-likeness (QED) is 0.173. The van der Waals surface area contributed by atoms with Crippen LogP contribution in [-0.2, 0) is 0 Å². The van der Waals surface area contributed by atoms with Crippen molar-refractivity contribution < 1.29 is 0 Å². The summed E-state index contributed by atoms with van der Waals surface area (Å²) >= 11 is 1.78. The van der Waals surface area contributed by atoms with E-state index in [4.69, 9.17) is 9.97 Å². The lowest BCUT2D eigenvalue weighted by atomic mass is 9.96. The van der Waals surface area contributed by atoms with Crippen molar-refractivity contribution in [3.8, 4) is 22.9 Å². The number of aromatic nitrogens is 4. The van der Waals surface area contributed by atoms with Crippen molar-refractivity contribution in [1.82, 2.24) is 19.1 Å². The maximum absolute atomic E-state index is 5.63. The zero-order valence-corrected chi connectivity index (χ0v) is 29.2. The van der Waals surface area contributed by atoms with Crippen LogP contribution in [0.5, 0.6) is 0 Å². The Morgan fingerprint density at radius 1 is 0.377 bits per heavy atom. The van der Waals surface area contributed by atoms with E-state index >= 15 is 0 Å². The fourth-order valence-corrected chi connectivity index (χ4v) is 9.93. The van der Waals surface area contributed by atoms with Crippen LogP contribution >= 0.6 is 11.3 Å². The molecular weight excluding hydrogens is 665 g/mol. The van der Waals surface area contributed by atoms with Gasteiger partial charge in [0.05, 0.1) is 27.8 Å². The summed E-state index contributed by atoms with van der Waals surface area (Å²) in [5, 5.41) is 12.1. The predicted octanol–water partition coefficient (Wildman–Crippen LogP) is 13.0. The van der Waals surface area contributed by atoms with E-state index in [1.807, 2.05) is 0 Å². The van der Waals surface area contributed by atoms with Crippen molar-refractivity contribution in [2.75, 3.05) is 0 Å². The third-order valence-corrected chi connectivity index (χ3v) is 12.1. The number of nitrogens with zero attached hydrogens (tertiary/aromatic N) is 4. The van der Waals surface area contributed by atoms with E-state index in [2.05, 4.69) is 179 Å². The van der Waals surface area contributed by atoms with Crippen LogP contribution in [0.25, 0.3) is 108 Å². The molecule has 0 unspecified atom stereocenters. The molecule has 12 rings (SSSR count). The molecule has 4 aromatic heterocycles. The molecule has 4 heterocycles. The van der Waals surface area contributed by atoms with Crippen LogP contribution in [0, 0.1) is 0 Å². The maximum Gasteiger partial charge on any atom is 0.236 e. The van der Waals surface area contributed by atoms with Crippen molar-refractivity contribution in [2.24, 2.45) is 0 Å². The smallest absolute Gasteiger partial charge is 0.236 e. The minimum atomic E-state index is 0.678. The number of fused-ring (bicyclic) bond motifs is 14. The van der Waals surface area contributed by atoms with Gasteiger partial charge in [-0.3, -0.25) is 4.57 Å². The number of thiophene rings is 1. The van der Waals surface area contributed by atoms with E-state index in [1.165, 1.54) is 64.2 Å². The molecule has 246 valence electrons. The van der Waals surface area contributed by atoms with Crippen LogP contribution in [0.3, 0.4) is 0 Å². The van der Waals surface area contributed by atoms with Crippen molar-refractivity contribution in [3.05, 3.63) is 170 Å². The SMILES string of the molecule is c1ccc(-n2c3ccccc3c3cc(-c4nc(-n5c6ccccc6c6ccccc65)nc5sc6c7ccccc7c7ccccc7c6c45)ccc32)cc1. The van der Waals surface area contributed by atoms with Crippen LogP contribution in [0.1, 0.15) is 0 Å². The van der Waals surface area contributed by atoms with Crippen LogP contribution in [0.2, 0.25) is 0 Å². The lowest BCUT2D eigenvalue weighted by Crippen LogP contribution is -2.02. The first-order valence-corrected chi connectivity index (χ1v) is 18.7. The molecule has 0 amide bonds. The first-order chi connectivity index (χ1) is 26.3. The van der Waals surface area contributed by atoms with Crippen LogP contribution in [-0.4, -0.2) is 19.1 Å². The third kappa shape index (κ3) is 4.00. The highest BCUT2D eigenvalue weighted by Crippen LogP contribution is 2.47. The molecule has 0 spiro atoms. The Morgan fingerprint density at radius 2 is 0.887 bits per heavy atom. The lowest BCUT2D eigenvalue weighted by molar-refractivity contribution is 1.02. The highest BCUT2D eigenvalue weighted by molar-refractivity contribution is 7.26. The molecule has 0 bridgehead atoms. The summed E-state index contributed by atoms with van der Waals surface area (Å²) in [5.74, 6) is 0.678. The van der Waals surface area contributed by atoms with E-state index in [-0.39, 0.29) is 0 Å². The van der Waals surface area contributed by atoms with Gasteiger partial charge in [0.1, 0.15) is 4.83 Å². The van der Waals surface area contributed by atoms with Crippen LogP contribution in [0.4, 0.5) is 0 Å². The minimum Gasteiger partial charge on any atom is -0.309 e. The van der Waals surface area contributed by atoms with E-state index < -0.39 is 0 Å². The van der Waals surface area contributed by atoms with E-state index in [0.717, 1.165) is 38.2 Å². The molecule has 0 radical (unpaired) electrons. The Labute approximate surface area is 307 Å². The summed E-state index contributed by atoms with van der Waals surface area (Å²) in [4.78, 5) is 12.1. The van der Waals surface area contributed by atoms with E-state index in [1.54, 1.807) is 11.3 Å². The van der Waals surface area contributed by atoms with Gasteiger partial charge < -0.3 is 4.57 Å². The molecule has 0 saturated carbocycles. The first kappa shape index (κ1) is 28.8. The normalized spacial score (nSPS) is 12.2. The first-order valence-electron chi connectivity index (χ1n) is 17.9. The van der Waals surface area contributed by atoms with Gasteiger partial charge >= 0.3 is 0 Å². The molecule has 4 nitrogen and oxygen atoms in total. The Morgan fingerprint density at radius 3 is 1.57 bits per heavy atom. The second-order valence-corrected chi connectivity index (χ2v) is 14.7. The summed E-state index contributed by atoms with van der Waals surface area (Å²) < 4.78 is 5.85. The summed E-state index contributed by atoms with van der Waals surface area (Å²) in [5.41, 5.74) is 7.70. The van der Waals surface area contributed by atoms with Gasteiger partial charge in [-0.25, -0.2) is 9.97 Å². The van der Waals surface area contributed by atoms with Crippen molar-refractivity contribution in [3.63, 3.8) is 0 Å². The average Bonchev–Trinajstić information content (AvgIpc) is 3.89. The molecule has 0 aliphatic carbocycles. The molecular formula is C48H28N4S. The van der Waals surface area contributed by atoms with Crippen molar-refractivity contribution in [2.45, 2.75) is 0 Å². The zero-order valence-electron chi connectivity index (χ0n) is 28.4. The Hall–Kier alpha value is -6.82. The van der Waals surface area contributed by atoms with Gasteiger partial charge in [0.2, 0.25) is 5.95 Å². The predicted molar refractivity (Wildman–Crippen MR) is 224 cm³/mol. The van der Waals surface area contributed by atoms with Gasteiger partial charge in [-0.05, 0) is 58.6 Å². The molecule has 0 saturated heterocycles. The zero-order chi connectivity index (χ0) is 34.6. The summed E-state index contributed by atoms with van der Waals surface area (Å²) in [6.07, 6.45) is 0. The number of para-hydroxylation sites is 4. The van der Waals surface area contributed by atoms with Crippen LogP contribution in [0.15, 0.2) is 170 Å². The molecule has 0 aliphatic rings. The lowest BCUT2D eigenvalue weighted by Gasteiger charge is -2.12. The number of hydrogen-bond acceptors (Lipinski definition) is 3. The fourth-order valence-electron chi connectivity index (χ4n) is 8.71. The van der Waals surface area contributed by atoms with E-state index in [0.29, 0.717) is 5.95 Å². The van der Waals surface area contributed by atoms with Crippen LogP contribution < -0.4 is 0 Å². The second kappa shape index (κ2) is 10.8. The maximum atomic E-state index is 5.63. The molecule has 0 N–H and O–H groups in total. The summed E-state index contributed by atoms with van der Waals surface area (Å²) in [7, 11) is 0. The molecule has 53 heavy (non-hydrogen) atoms. The van der Waals surface area contributed by atoms with Gasteiger partial charge in [0, 0.05) is 53.7 Å². The van der Waals surface area contributed by atoms with Gasteiger partial charge in [0.25, 0.3) is 0 Å². The molecule has 0 atom stereocenters. The summed E-state index contributed by atoms with van der Waals surface area (Å²) in [6, 6.07) is 61.0. The molecule has 8 aromatic carbocycles. The van der Waals surface area contributed by atoms with Gasteiger partial charge in [-0.15, -0.1) is 11.3 Å². The Bertz CT molecular complexity index is 3410. The van der Waals surface area contributed by atoms with Gasteiger partial charge in [-0.1, -0.05) is 127 Å². The molecule has 0 fully saturated rings. The number of benzene rings is 8.